The lowest BCUT2D eigenvalue weighted by Crippen LogP contribution is -1.96. The number of nitrogens with zero attached hydrogens (tertiary/aromatic N) is 2. The summed E-state index contributed by atoms with van der Waals surface area (Å²) in [5.74, 6) is 0. The summed E-state index contributed by atoms with van der Waals surface area (Å²) in [5, 5.41) is 21.4. The molecule has 0 amide bonds. The number of halogens is 1. The first-order chi connectivity index (χ1) is 9.13. The predicted molar refractivity (Wildman–Crippen MR) is 75.0 cm³/mol. The summed E-state index contributed by atoms with van der Waals surface area (Å²) >= 11 is 5.90. The lowest BCUT2D eigenvalue weighted by molar-refractivity contribution is 1.45. The molecule has 0 aromatic heterocycles. The first kappa shape index (κ1) is 12.8. The van der Waals surface area contributed by atoms with Crippen LogP contribution in [0.25, 0.3) is 0 Å². The van der Waals surface area contributed by atoms with Crippen molar-refractivity contribution in [2.75, 3.05) is 11.1 Å². The first-order valence-corrected chi connectivity index (χ1v) is 5.78. The minimum absolute atomic E-state index is 0.382. The average Bonchev–Trinajstić information content (AvgIpc) is 2.39. The molecule has 19 heavy (non-hydrogen) atoms. The Hall–Kier alpha value is -2.69. The Balaban J connectivity index is 2.37. The zero-order chi connectivity index (χ0) is 13.8. The highest BCUT2D eigenvalue weighted by Gasteiger charge is 2.05. The topological polar surface area (TPSA) is 85.6 Å². The summed E-state index contributed by atoms with van der Waals surface area (Å²) in [6, 6.07) is 14.0. The van der Waals surface area contributed by atoms with Crippen molar-refractivity contribution in [3.63, 3.8) is 0 Å². The quantitative estimate of drug-likeness (QED) is 0.817. The number of nitrogens with one attached hydrogen (secondary N) is 1. The number of hydrogen-bond acceptors (Lipinski definition) is 4. The smallest absolute Gasteiger partial charge is 0.101 e. The van der Waals surface area contributed by atoms with E-state index in [1.165, 1.54) is 0 Å². The monoisotopic (exact) mass is 268 g/mol. The molecule has 0 heterocycles. The van der Waals surface area contributed by atoms with E-state index in [4.69, 9.17) is 27.9 Å². The minimum atomic E-state index is 0.382. The fourth-order valence-electron chi connectivity index (χ4n) is 1.62. The number of benzene rings is 2. The van der Waals surface area contributed by atoms with Crippen LogP contribution in [-0.2, 0) is 0 Å². The van der Waals surface area contributed by atoms with Crippen LogP contribution >= 0.6 is 11.6 Å². The zero-order valence-corrected chi connectivity index (χ0v) is 10.6. The van der Waals surface area contributed by atoms with Crippen LogP contribution in [0.15, 0.2) is 36.4 Å². The van der Waals surface area contributed by atoms with E-state index in [2.05, 4.69) is 11.4 Å². The fraction of sp³-hybridized carbons (Fsp3) is 0. The maximum atomic E-state index is 9.02. The molecule has 92 valence electrons. The Morgan fingerprint density at radius 1 is 1.00 bits per heavy atom. The van der Waals surface area contributed by atoms with Crippen molar-refractivity contribution in [3.05, 3.63) is 52.5 Å². The summed E-state index contributed by atoms with van der Waals surface area (Å²) in [6.07, 6.45) is 0. The molecule has 0 aliphatic heterocycles. The van der Waals surface area contributed by atoms with Gasteiger partial charge in [-0.2, -0.15) is 10.5 Å². The van der Waals surface area contributed by atoms with E-state index >= 15 is 0 Å². The van der Waals surface area contributed by atoms with Gasteiger partial charge in [0.1, 0.15) is 12.1 Å². The molecule has 2 aromatic carbocycles. The van der Waals surface area contributed by atoms with Crippen LogP contribution in [0.3, 0.4) is 0 Å². The Bertz CT molecular complexity index is 710. The number of hydrogen-bond donors (Lipinski definition) is 2. The van der Waals surface area contributed by atoms with Gasteiger partial charge in [0.05, 0.1) is 22.5 Å². The van der Waals surface area contributed by atoms with Gasteiger partial charge in [-0.05, 0) is 36.4 Å². The van der Waals surface area contributed by atoms with Crippen molar-refractivity contribution >= 4 is 28.7 Å². The summed E-state index contributed by atoms with van der Waals surface area (Å²) in [6.45, 7) is 0. The molecule has 0 saturated heterocycles. The summed E-state index contributed by atoms with van der Waals surface area (Å²) in [7, 11) is 0. The lowest BCUT2D eigenvalue weighted by atomic mass is 10.1. The van der Waals surface area contributed by atoms with Gasteiger partial charge in [-0.1, -0.05) is 11.6 Å². The molecule has 0 fully saturated rings. The van der Waals surface area contributed by atoms with Gasteiger partial charge in [-0.25, -0.2) is 0 Å². The van der Waals surface area contributed by atoms with Gasteiger partial charge in [0.2, 0.25) is 0 Å². The maximum Gasteiger partial charge on any atom is 0.101 e. The van der Waals surface area contributed by atoms with Crippen molar-refractivity contribution in [1.82, 2.24) is 0 Å². The van der Waals surface area contributed by atoms with Crippen molar-refractivity contribution in [2.45, 2.75) is 0 Å². The molecule has 0 bridgehead atoms. The van der Waals surface area contributed by atoms with Crippen molar-refractivity contribution < 1.29 is 0 Å². The second-order valence-electron chi connectivity index (χ2n) is 3.84. The van der Waals surface area contributed by atoms with E-state index in [1.807, 2.05) is 6.07 Å². The Morgan fingerprint density at radius 3 is 2.32 bits per heavy atom. The third-order valence-electron chi connectivity index (χ3n) is 2.55. The highest BCUT2D eigenvalue weighted by molar-refractivity contribution is 6.30. The summed E-state index contributed by atoms with van der Waals surface area (Å²) in [4.78, 5) is 0. The standard InChI is InChI=1S/C14H9ClN4/c15-11-3-1-10(8-17)14(5-11)19-12-4-2-9(7-16)13(18)6-12/h1-6,19H,18H2. The van der Waals surface area contributed by atoms with Gasteiger partial charge in [-0.15, -0.1) is 0 Å². The second-order valence-corrected chi connectivity index (χ2v) is 4.28. The Morgan fingerprint density at radius 2 is 1.68 bits per heavy atom. The molecule has 0 radical (unpaired) electrons. The van der Waals surface area contributed by atoms with Crippen LogP contribution in [0.4, 0.5) is 17.1 Å². The number of nitrogens with two attached hydrogens (primary N) is 1. The van der Waals surface area contributed by atoms with Crippen molar-refractivity contribution in [2.24, 2.45) is 0 Å². The van der Waals surface area contributed by atoms with Gasteiger partial charge in [0, 0.05) is 10.7 Å². The van der Waals surface area contributed by atoms with Crippen LogP contribution in [0.1, 0.15) is 11.1 Å². The molecule has 0 atom stereocenters. The molecule has 0 spiro atoms. The molecule has 3 N–H and O–H groups in total. The Labute approximate surface area is 115 Å². The van der Waals surface area contributed by atoms with E-state index in [-0.39, 0.29) is 0 Å². The SMILES string of the molecule is N#Cc1ccc(Nc2cc(Cl)ccc2C#N)cc1N. The predicted octanol–water partition coefficient (Wildman–Crippen LogP) is 3.41. The summed E-state index contributed by atoms with van der Waals surface area (Å²) in [5.41, 5.74) is 8.29. The summed E-state index contributed by atoms with van der Waals surface area (Å²) < 4.78 is 0. The van der Waals surface area contributed by atoms with E-state index in [1.54, 1.807) is 36.4 Å². The van der Waals surface area contributed by atoms with E-state index in [0.717, 1.165) is 0 Å². The van der Waals surface area contributed by atoms with Crippen molar-refractivity contribution in [3.8, 4) is 12.1 Å². The Kier molecular flexibility index (Phi) is 3.56. The second kappa shape index (κ2) is 5.30. The van der Waals surface area contributed by atoms with E-state index < -0.39 is 0 Å². The molecule has 5 heteroatoms. The molecule has 4 nitrogen and oxygen atoms in total. The molecular formula is C14H9ClN4. The number of anilines is 3. The number of nitriles is 2. The normalized spacial score (nSPS) is 9.42. The van der Waals surface area contributed by atoms with Crippen LogP contribution in [0.5, 0.6) is 0 Å². The van der Waals surface area contributed by atoms with Gasteiger partial charge < -0.3 is 11.1 Å². The van der Waals surface area contributed by atoms with Crippen LogP contribution < -0.4 is 11.1 Å². The number of rotatable bonds is 2. The van der Waals surface area contributed by atoms with E-state index in [9.17, 15) is 0 Å². The van der Waals surface area contributed by atoms with Gasteiger partial charge in [-0.3, -0.25) is 0 Å². The molecule has 0 aliphatic carbocycles. The third kappa shape index (κ3) is 2.77. The molecular weight excluding hydrogens is 260 g/mol. The third-order valence-corrected chi connectivity index (χ3v) is 2.79. The molecule has 2 aromatic rings. The van der Waals surface area contributed by atoms with E-state index in [0.29, 0.717) is 33.2 Å². The molecule has 0 saturated carbocycles. The van der Waals surface area contributed by atoms with Crippen LogP contribution in [-0.4, -0.2) is 0 Å². The van der Waals surface area contributed by atoms with Crippen LogP contribution in [0, 0.1) is 22.7 Å². The fourth-order valence-corrected chi connectivity index (χ4v) is 1.79. The highest BCUT2D eigenvalue weighted by atomic mass is 35.5. The number of nitrogen functional groups attached to an aromatic ring is 1. The molecule has 0 unspecified atom stereocenters. The first-order valence-electron chi connectivity index (χ1n) is 5.40. The van der Waals surface area contributed by atoms with Gasteiger partial charge in [0.15, 0.2) is 0 Å². The van der Waals surface area contributed by atoms with Gasteiger partial charge in [0.25, 0.3) is 0 Å². The highest BCUT2D eigenvalue weighted by Crippen LogP contribution is 2.26. The van der Waals surface area contributed by atoms with Crippen molar-refractivity contribution in [1.29, 1.82) is 10.5 Å². The molecule has 2 rings (SSSR count). The zero-order valence-electron chi connectivity index (χ0n) is 9.81. The average molecular weight is 269 g/mol. The largest absolute Gasteiger partial charge is 0.398 e. The molecule has 0 aliphatic rings. The maximum absolute atomic E-state index is 9.02. The van der Waals surface area contributed by atoms with Crippen LogP contribution in [0.2, 0.25) is 5.02 Å². The lowest BCUT2D eigenvalue weighted by Gasteiger charge is -2.09. The van der Waals surface area contributed by atoms with Gasteiger partial charge >= 0.3 is 0 Å². The minimum Gasteiger partial charge on any atom is -0.398 e.